The van der Waals surface area contributed by atoms with Gasteiger partial charge in [0, 0.05) is 12.8 Å². The van der Waals surface area contributed by atoms with E-state index in [9.17, 15) is 14.4 Å². The fourth-order valence-electron chi connectivity index (χ4n) is 9.67. The molecule has 6 nitrogen and oxygen atoms in total. The fraction of sp³-hybridized carbons (Fsp3) is 0.764. The van der Waals surface area contributed by atoms with Crippen LogP contribution in [0.25, 0.3) is 0 Å². The lowest BCUT2D eigenvalue weighted by atomic mass is 10.0. The number of rotatable bonds is 61. The molecule has 0 radical (unpaired) electrons. The van der Waals surface area contributed by atoms with Gasteiger partial charge >= 0.3 is 17.9 Å². The van der Waals surface area contributed by atoms with Crippen molar-refractivity contribution in [3.63, 3.8) is 0 Å². The molecule has 0 saturated carbocycles. The first-order chi connectivity index (χ1) is 38.5. The minimum Gasteiger partial charge on any atom is -0.462 e. The van der Waals surface area contributed by atoms with Gasteiger partial charge in [-0.2, -0.15) is 0 Å². The predicted octanol–water partition coefficient (Wildman–Crippen LogP) is 23.1. The van der Waals surface area contributed by atoms with E-state index in [2.05, 4.69) is 93.7 Å². The molecule has 1 unspecified atom stereocenters. The lowest BCUT2D eigenvalue weighted by Crippen LogP contribution is -2.30. The minimum atomic E-state index is -0.819. The van der Waals surface area contributed by atoms with Crippen molar-refractivity contribution in [2.24, 2.45) is 0 Å². The van der Waals surface area contributed by atoms with Crippen LogP contribution in [-0.4, -0.2) is 37.2 Å². The summed E-state index contributed by atoms with van der Waals surface area (Å²) < 4.78 is 16.8. The van der Waals surface area contributed by atoms with E-state index in [-0.39, 0.29) is 31.6 Å². The molecular weight excluding hydrogens is 961 g/mol. The highest BCUT2D eigenvalue weighted by Crippen LogP contribution is 2.17. The zero-order valence-electron chi connectivity index (χ0n) is 51.7. The molecule has 6 heteroatoms. The van der Waals surface area contributed by atoms with Crippen LogP contribution in [0.3, 0.4) is 0 Å². The van der Waals surface area contributed by atoms with Crippen molar-refractivity contribution in [1.82, 2.24) is 0 Å². The van der Waals surface area contributed by atoms with Crippen molar-refractivity contribution >= 4 is 17.9 Å². The third-order valence-electron chi connectivity index (χ3n) is 14.7. The largest absolute Gasteiger partial charge is 0.462 e. The maximum atomic E-state index is 12.9. The van der Waals surface area contributed by atoms with E-state index in [4.69, 9.17) is 14.2 Å². The molecule has 0 aromatic rings. The van der Waals surface area contributed by atoms with Crippen molar-refractivity contribution in [2.45, 2.75) is 341 Å². The van der Waals surface area contributed by atoms with Crippen LogP contribution in [0.2, 0.25) is 0 Å². The van der Waals surface area contributed by atoms with Crippen LogP contribution in [0.5, 0.6) is 0 Å². The predicted molar refractivity (Wildman–Crippen MR) is 339 cm³/mol. The number of unbranched alkanes of at least 4 members (excludes halogenated alkanes) is 37. The summed E-state index contributed by atoms with van der Waals surface area (Å²) >= 11 is 0. The first-order valence-electron chi connectivity index (χ1n) is 33.6. The smallest absolute Gasteiger partial charge is 0.309 e. The minimum absolute atomic E-state index is 0.105. The monoisotopic (exact) mass is 1090 g/mol. The van der Waals surface area contributed by atoms with Gasteiger partial charge in [0.15, 0.2) is 6.10 Å². The Morgan fingerprint density at radius 2 is 0.551 bits per heavy atom. The lowest BCUT2D eigenvalue weighted by Gasteiger charge is -2.18. The molecule has 0 fully saturated rings. The molecule has 0 aliphatic carbocycles. The second kappa shape index (κ2) is 66.1. The maximum absolute atomic E-state index is 12.9. The summed E-state index contributed by atoms with van der Waals surface area (Å²) in [6.45, 7) is 6.47. The summed E-state index contributed by atoms with van der Waals surface area (Å²) in [5.74, 6) is -1.03. The highest BCUT2D eigenvalue weighted by molar-refractivity contribution is 5.72. The highest BCUT2D eigenvalue weighted by atomic mass is 16.6. The Bertz CT molecular complexity index is 1480. The molecule has 78 heavy (non-hydrogen) atoms. The van der Waals surface area contributed by atoms with Crippen molar-refractivity contribution in [3.05, 3.63) is 85.1 Å². The van der Waals surface area contributed by atoms with Gasteiger partial charge in [-0.3, -0.25) is 14.4 Å². The van der Waals surface area contributed by atoms with E-state index in [1.807, 2.05) is 6.08 Å². The van der Waals surface area contributed by atoms with Crippen molar-refractivity contribution in [1.29, 1.82) is 0 Å². The Morgan fingerprint density at radius 3 is 0.897 bits per heavy atom. The van der Waals surface area contributed by atoms with Crippen LogP contribution >= 0.6 is 0 Å². The number of esters is 3. The van der Waals surface area contributed by atoms with Gasteiger partial charge in [-0.15, -0.1) is 0 Å². The highest BCUT2D eigenvalue weighted by Gasteiger charge is 2.19. The molecular formula is C72H126O6. The van der Waals surface area contributed by atoms with Gasteiger partial charge < -0.3 is 14.2 Å². The zero-order valence-corrected chi connectivity index (χ0v) is 51.7. The SMILES string of the molecule is CC/C=C\C/C=C\C/C=C\C/C=C\C/C=C\CC(=O)OCC(COC(=O)CCCCCCCCCCCCCCCCCCCCCCCCCC)OC(=O)CCCCCCCCCCC/C=C\C/C=C\CCCCCCC. The molecule has 0 saturated heterocycles. The van der Waals surface area contributed by atoms with Crippen LogP contribution in [0.1, 0.15) is 335 Å². The molecule has 450 valence electrons. The second-order valence-electron chi connectivity index (χ2n) is 22.4. The number of allylic oxidation sites excluding steroid dienone is 13. The van der Waals surface area contributed by atoms with Crippen molar-refractivity contribution in [2.75, 3.05) is 13.2 Å². The van der Waals surface area contributed by atoms with E-state index in [1.54, 1.807) is 6.08 Å². The summed E-state index contributed by atoms with van der Waals surface area (Å²) in [5, 5.41) is 0. The average Bonchev–Trinajstić information content (AvgIpc) is 3.44. The van der Waals surface area contributed by atoms with Gasteiger partial charge in [0.05, 0.1) is 6.42 Å². The Hall–Kier alpha value is -3.41. The molecule has 0 aromatic carbocycles. The third kappa shape index (κ3) is 63.4. The van der Waals surface area contributed by atoms with Gasteiger partial charge in [0.25, 0.3) is 0 Å². The van der Waals surface area contributed by atoms with E-state index >= 15 is 0 Å². The van der Waals surface area contributed by atoms with Crippen molar-refractivity contribution in [3.8, 4) is 0 Å². The van der Waals surface area contributed by atoms with Crippen LogP contribution < -0.4 is 0 Å². The van der Waals surface area contributed by atoms with Gasteiger partial charge in [-0.1, -0.05) is 324 Å². The first-order valence-corrected chi connectivity index (χ1v) is 33.6. The molecule has 0 aromatic heterocycles. The molecule has 0 aliphatic heterocycles. The van der Waals surface area contributed by atoms with Crippen LogP contribution in [0, 0.1) is 0 Å². The summed E-state index contributed by atoms with van der Waals surface area (Å²) in [6, 6.07) is 0. The average molecular weight is 1090 g/mol. The molecule has 0 bridgehead atoms. The maximum Gasteiger partial charge on any atom is 0.309 e. The van der Waals surface area contributed by atoms with Gasteiger partial charge in [-0.25, -0.2) is 0 Å². The number of hydrogen-bond acceptors (Lipinski definition) is 6. The summed E-state index contributed by atoms with van der Waals surface area (Å²) in [4.78, 5) is 38.3. The Kier molecular flexibility index (Phi) is 63.2. The van der Waals surface area contributed by atoms with Gasteiger partial charge in [0.2, 0.25) is 0 Å². The summed E-state index contributed by atoms with van der Waals surface area (Å²) in [5.41, 5.74) is 0. The van der Waals surface area contributed by atoms with Crippen LogP contribution in [0.15, 0.2) is 85.1 Å². The molecule has 0 amide bonds. The standard InChI is InChI=1S/C72H126O6/c1-4-7-10-13-16-19-22-25-28-30-32-34-35-36-38-39-41-44-47-50-53-56-59-62-65-71(74)77-68-69(67-76-70(73)64-61-58-55-52-49-46-43-27-24-21-18-15-12-9-6-3)78-72(75)66-63-60-57-54-51-48-45-42-40-37-33-31-29-26-23-20-17-14-11-8-5-2/h9,12,18,21,23,26-27,31,33,43,49,52,58,61,69H,4-8,10-11,13-17,19-20,22,24-25,28-30,32,34-42,44-48,50-51,53-57,59-60,62-68H2,1-3H3/b12-9-,21-18-,26-23-,33-31-,43-27-,52-49-,61-58-. The van der Waals surface area contributed by atoms with E-state index in [1.165, 1.54) is 218 Å². The van der Waals surface area contributed by atoms with Crippen molar-refractivity contribution < 1.29 is 28.6 Å². The number of ether oxygens (including phenoxy) is 3. The van der Waals surface area contributed by atoms with E-state index < -0.39 is 12.1 Å². The molecule has 0 rings (SSSR count). The van der Waals surface area contributed by atoms with Crippen LogP contribution in [0.4, 0.5) is 0 Å². The van der Waals surface area contributed by atoms with Gasteiger partial charge in [0.1, 0.15) is 13.2 Å². The van der Waals surface area contributed by atoms with Gasteiger partial charge in [-0.05, 0) is 77.0 Å². The third-order valence-corrected chi connectivity index (χ3v) is 14.7. The first kappa shape index (κ1) is 74.6. The molecule has 1 atom stereocenters. The molecule has 0 N–H and O–H groups in total. The molecule has 0 aliphatic rings. The number of hydrogen-bond donors (Lipinski definition) is 0. The molecule has 0 spiro atoms. The Labute approximate surface area is 484 Å². The zero-order chi connectivity index (χ0) is 56.4. The quantitative estimate of drug-likeness (QED) is 0.0261. The fourth-order valence-corrected chi connectivity index (χ4v) is 9.67. The topological polar surface area (TPSA) is 78.9 Å². The Balaban J connectivity index is 4.37. The van der Waals surface area contributed by atoms with E-state index in [0.717, 1.165) is 77.0 Å². The number of carbonyl (C=O) groups is 3. The Morgan fingerprint density at radius 1 is 0.282 bits per heavy atom. The van der Waals surface area contributed by atoms with Crippen LogP contribution in [-0.2, 0) is 28.6 Å². The molecule has 0 heterocycles. The summed E-state index contributed by atoms with van der Waals surface area (Å²) in [6.07, 6.45) is 87.7. The summed E-state index contributed by atoms with van der Waals surface area (Å²) in [7, 11) is 0. The lowest BCUT2D eigenvalue weighted by molar-refractivity contribution is -0.166. The van der Waals surface area contributed by atoms with E-state index in [0.29, 0.717) is 12.8 Å². The second-order valence-corrected chi connectivity index (χ2v) is 22.4. The number of carbonyl (C=O) groups excluding carboxylic acids is 3. The normalized spacial score (nSPS) is 12.6.